The first-order chi connectivity index (χ1) is 16.9. The van der Waals surface area contributed by atoms with Gasteiger partial charge in [0.25, 0.3) is 0 Å². The smallest absolute Gasteiger partial charge is 0.383 e. The molecule has 0 spiro atoms. The van der Waals surface area contributed by atoms with E-state index in [0.29, 0.717) is 34.9 Å². The van der Waals surface area contributed by atoms with Gasteiger partial charge in [0.15, 0.2) is 5.65 Å². The molecular formula is C25H26F3N7. The van der Waals surface area contributed by atoms with Crippen LogP contribution in [0.2, 0.25) is 0 Å². The summed E-state index contributed by atoms with van der Waals surface area (Å²) in [6, 6.07) is 14.3. The maximum atomic E-state index is 13.0. The predicted octanol–water partition coefficient (Wildman–Crippen LogP) is 4.98. The molecule has 0 unspecified atom stereocenters. The van der Waals surface area contributed by atoms with Crippen LogP contribution in [0.3, 0.4) is 0 Å². The monoisotopic (exact) mass is 481 g/mol. The van der Waals surface area contributed by atoms with Crippen LogP contribution < -0.4 is 11.1 Å². The highest BCUT2D eigenvalue weighted by Crippen LogP contribution is 2.34. The molecule has 5 rings (SSSR count). The Bertz CT molecular complexity index is 1290. The number of alkyl halides is 3. The standard InChI is InChI=1S/C25H26F3N7/c26-25(27,28)18-9-11-19(12-10-18)35-22(29)20-21(17-7-3-1-4-8-17)31-24(32-23(20)33-35)30-13-16-34-14-5-2-6-15-34/h1,3-4,7-12H,2,5-6,13-16,29H2,(H,30,32,33). The summed E-state index contributed by atoms with van der Waals surface area (Å²) in [5.41, 5.74) is 7.96. The van der Waals surface area contributed by atoms with Gasteiger partial charge in [0.05, 0.1) is 22.3 Å². The van der Waals surface area contributed by atoms with E-state index in [-0.39, 0.29) is 5.82 Å². The van der Waals surface area contributed by atoms with Gasteiger partial charge in [-0.15, -0.1) is 5.10 Å². The second-order valence-corrected chi connectivity index (χ2v) is 8.63. The van der Waals surface area contributed by atoms with Gasteiger partial charge in [-0.25, -0.2) is 9.67 Å². The second-order valence-electron chi connectivity index (χ2n) is 8.63. The Morgan fingerprint density at radius 1 is 0.914 bits per heavy atom. The molecule has 4 aromatic rings. The Hall–Kier alpha value is -3.66. The number of nitrogens with zero attached hydrogens (tertiary/aromatic N) is 5. The predicted molar refractivity (Wildman–Crippen MR) is 130 cm³/mol. The molecule has 3 N–H and O–H groups in total. The number of benzene rings is 2. The van der Waals surface area contributed by atoms with Gasteiger partial charge in [-0.05, 0) is 50.2 Å². The molecular weight excluding hydrogens is 455 g/mol. The Morgan fingerprint density at radius 2 is 1.63 bits per heavy atom. The van der Waals surface area contributed by atoms with Crippen molar-refractivity contribution in [2.24, 2.45) is 0 Å². The van der Waals surface area contributed by atoms with Gasteiger partial charge in [0, 0.05) is 18.7 Å². The summed E-state index contributed by atoms with van der Waals surface area (Å²) >= 11 is 0. The first-order valence-electron chi connectivity index (χ1n) is 11.7. The van der Waals surface area contributed by atoms with E-state index >= 15 is 0 Å². The SMILES string of the molecule is Nc1c2c(-c3ccccc3)nc(NCCN3CCCCC3)nc2nn1-c1ccc(C(F)(F)F)cc1. The van der Waals surface area contributed by atoms with Crippen molar-refractivity contribution in [3.05, 3.63) is 60.2 Å². The third-order valence-electron chi connectivity index (χ3n) is 6.22. The molecule has 2 aromatic carbocycles. The van der Waals surface area contributed by atoms with Crippen molar-refractivity contribution in [3.63, 3.8) is 0 Å². The third-order valence-corrected chi connectivity index (χ3v) is 6.22. The summed E-state index contributed by atoms with van der Waals surface area (Å²) < 4.78 is 40.4. The number of piperidine rings is 1. The highest BCUT2D eigenvalue weighted by atomic mass is 19.4. The number of likely N-dealkylation sites (tertiary alicyclic amines) is 1. The molecule has 10 heteroatoms. The topological polar surface area (TPSA) is 84.9 Å². The molecule has 7 nitrogen and oxygen atoms in total. The first-order valence-corrected chi connectivity index (χ1v) is 11.7. The molecule has 35 heavy (non-hydrogen) atoms. The summed E-state index contributed by atoms with van der Waals surface area (Å²) in [5.74, 6) is 0.698. The lowest BCUT2D eigenvalue weighted by molar-refractivity contribution is -0.137. The van der Waals surface area contributed by atoms with Crippen LogP contribution in [0.1, 0.15) is 24.8 Å². The van der Waals surface area contributed by atoms with Crippen LogP contribution in [0.5, 0.6) is 0 Å². The zero-order chi connectivity index (χ0) is 24.4. The lowest BCUT2D eigenvalue weighted by Gasteiger charge is -2.26. The fourth-order valence-corrected chi connectivity index (χ4v) is 4.39. The zero-order valence-corrected chi connectivity index (χ0v) is 19.1. The van der Waals surface area contributed by atoms with E-state index in [2.05, 4.69) is 20.3 Å². The number of aromatic nitrogens is 4. The van der Waals surface area contributed by atoms with E-state index in [0.717, 1.165) is 37.3 Å². The number of halogens is 3. The molecule has 1 saturated heterocycles. The number of hydrogen-bond acceptors (Lipinski definition) is 6. The van der Waals surface area contributed by atoms with Gasteiger partial charge in [0.1, 0.15) is 5.82 Å². The molecule has 0 bridgehead atoms. The van der Waals surface area contributed by atoms with Gasteiger partial charge < -0.3 is 16.0 Å². The van der Waals surface area contributed by atoms with Gasteiger partial charge in [-0.3, -0.25) is 0 Å². The number of anilines is 2. The van der Waals surface area contributed by atoms with Crippen molar-refractivity contribution in [1.29, 1.82) is 0 Å². The molecule has 0 aliphatic carbocycles. The average Bonchev–Trinajstić information content (AvgIpc) is 3.20. The normalized spacial score (nSPS) is 14.9. The van der Waals surface area contributed by atoms with Gasteiger partial charge in [-0.2, -0.15) is 18.2 Å². The minimum atomic E-state index is -4.42. The summed E-state index contributed by atoms with van der Waals surface area (Å²) in [6.07, 6.45) is -0.685. The van der Waals surface area contributed by atoms with Crippen LogP contribution in [0, 0.1) is 0 Å². The maximum Gasteiger partial charge on any atom is 0.416 e. The molecule has 1 aliphatic heterocycles. The Balaban J connectivity index is 1.51. The molecule has 2 aromatic heterocycles. The zero-order valence-electron chi connectivity index (χ0n) is 19.1. The second kappa shape index (κ2) is 9.53. The minimum absolute atomic E-state index is 0.262. The van der Waals surface area contributed by atoms with E-state index in [4.69, 9.17) is 10.7 Å². The van der Waals surface area contributed by atoms with E-state index in [1.54, 1.807) is 0 Å². The number of nitrogens with one attached hydrogen (secondary N) is 1. The summed E-state index contributed by atoms with van der Waals surface area (Å²) in [7, 11) is 0. The number of nitrogen functional groups attached to an aromatic ring is 1. The number of nitrogens with two attached hydrogens (primary N) is 1. The Labute approximate surface area is 200 Å². The lowest BCUT2D eigenvalue weighted by atomic mass is 10.1. The highest BCUT2D eigenvalue weighted by Gasteiger charge is 2.30. The van der Waals surface area contributed by atoms with Crippen molar-refractivity contribution in [3.8, 4) is 16.9 Å². The summed E-state index contributed by atoms with van der Waals surface area (Å²) in [4.78, 5) is 11.7. The van der Waals surface area contributed by atoms with E-state index in [1.165, 1.54) is 36.1 Å². The third kappa shape index (κ3) is 4.93. The van der Waals surface area contributed by atoms with Crippen molar-refractivity contribution >= 4 is 22.8 Å². The van der Waals surface area contributed by atoms with E-state index < -0.39 is 11.7 Å². The molecule has 0 amide bonds. The van der Waals surface area contributed by atoms with Crippen LogP contribution in [0.25, 0.3) is 28.0 Å². The van der Waals surface area contributed by atoms with Crippen LogP contribution in [-0.4, -0.2) is 50.8 Å². The maximum absolute atomic E-state index is 13.0. The van der Waals surface area contributed by atoms with Gasteiger partial charge in [0.2, 0.25) is 5.95 Å². The largest absolute Gasteiger partial charge is 0.416 e. The Kier molecular flexibility index (Phi) is 6.29. The van der Waals surface area contributed by atoms with Crippen molar-refractivity contribution in [2.75, 3.05) is 37.2 Å². The lowest BCUT2D eigenvalue weighted by Crippen LogP contribution is -2.33. The van der Waals surface area contributed by atoms with Crippen molar-refractivity contribution < 1.29 is 13.2 Å². The van der Waals surface area contributed by atoms with Crippen LogP contribution in [-0.2, 0) is 6.18 Å². The molecule has 1 aliphatic rings. The molecule has 0 atom stereocenters. The van der Waals surface area contributed by atoms with E-state index in [9.17, 15) is 13.2 Å². The quantitative estimate of drug-likeness (QED) is 0.404. The summed E-state index contributed by atoms with van der Waals surface area (Å²) in [5, 5.41) is 8.39. The molecule has 0 saturated carbocycles. The molecule has 182 valence electrons. The first kappa shape index (κ1) is 23.1. The van der Waals surface area contributed by atoms with Crippen LogP contribution in [0.15, 0.2) is 54.6 Å². The van der Waals surface area contributed by atoms with E-state index in [1.807, 2.05) is 30.3 Å². The van der Waals surface area contributed by atoms with Gasteiger partial charge >= 0.3 is 6.18 Å². The van der Waals surface area contributed by atoms with Crippen LogP contribution in [0.4, 0.5) is 24.9 Å². The molecule has 3 heterocycles. The van der Waals surface area contributed by atoms with Gasteiger partial charge in [-0.1, -0.05) is 36.8 Å². The Morgan fingerprint density at radius 3 is 2.31 bits per heavy atom. The summed E-state index contributed by atoms with van der Waals surface area (Å²) in [6.45, 7) is 3.79. The number of fused-ring (bicyclic) bond motifs is 1. The molecule has 0 radical (unpaired) electrons. The fourth-order valence-electron chi connectivity index (χ4n) is 4.39. The average molecular weight is 482 g/mol. The highest BCUT2D eigenvalue weighted by molar-refractivity contribution is 5.99. The fraction of sp³-hybridized carbons (Fsp3) is 0.320. The van der Waals surface area contributed by atoms with Crippen molar-refractivity contribution in [2.45, 2.75) is 25.4 Å². The van der Waals surface area contributed by atoms with Crippen molar-refractivity contribution in [1.82, 2.24) is 24.6 Å². The number of hydrogen-bond donors (Lipinski definition) is 2. The minimum Gasteiger partial charge on any atom is -0.383 e. The molecule has 1 fully saturated rings. The number of rotatable bonds is 6. The van der Waals surface area contributed by atoms with Crippen LogP contribution >= 0.6 is 0 Å².